The van der Waals surface area contributed by atoms with Crippen molar-refractivity contribution in [3.05, 3.63) is 51.1 Å². The number of nitrogens with zero attached hydrogens (tertiary/aromatic N) is 3. The molecule has 28 heavy (non-hydrogen) atoms. The number of likely N-dealkylation sites (tertiary alicyclic amines) is 1. The Balaban J connectivity index is 1.83. The van der Waals surface area contributed by atoms with Gasteiger partial charge in [0.2, 0.25) is 0 Å². The van der Waals surface area contributed by atoms with Gasteiger partial charge in [0, 0.05) is 24.0 Å². The van der Waals surface area contributed by atoms with Gasteiger partial charge in [0.1, 0.15) is 10.7 Å². The van der Waals surface area contributed by atoms with Gasteiger partial charge in [-0.15, -0.1) is 11.3 Å². The number of rotatable bonds is 5. The standard InChI is InChI=1S/C21H23N3O3S/c1-14-6-5-7-15(12-14)18-22-19-17(16(13-28-19)21(26)27)20(25)24(18)11-10-23-8-3-2-4-9-23/h5-7,12-13H,2-4,8-11H2,1H3,(H,26,27). The molecule has 1 aliphatic rings. The summed E-state index contributed by atoms with van der Waals surface area (Å²) in [5, 5.41) is 11.2. The molecule has 0 aliphatic carbocycles. The molecule has 0 atom stereocenters. The Hall–Kier alpha value is -2.51. The van der Waals surface area contributed by atoms with E-state index < -0.39 is 5.97 Å². The van der Waals surface area contributed by atoms with Crippen molar-refractivity contribution in [2.24, 2.45) is 0 Å². The molecule has 0 saturated carbocycles. The van der Waals surface area contributed by atoms with Crippen molar-refractivity contribution >= 4 is 27.5 Å². The average Bonchev–Trinajstić information content (AvgIpc) is 3.12. The van der Waals surface area contributed by atoms with Crippen molar-refractivity contribution in [1.29, 1.82) is 0 Å². The fourth-order valence-electron chi connectivity index (χ4n) is 3.82. The quantitative estimate of drug-likeness (QED) is 0.712. The molecular formula is C21H23N3O3S. The minimum atomic E-state index is -1.09. The van der Waals surface area contributed by atoms with E-state index in [1.54, 1.807) is 4.57 Å². The lowest BCUT2D eigenvalue weighted by molar-refractivity contribution is 0.0699. The molecule has 2 aromatic heterocycles. The maximum Gasteiger partial charge on any atom is 0.337 e. The molecule has 3 heterocycles. The van der Waals surface area contributed by atoms with E-state index in [0.29, 0.717) is 17.2 Å². The molecule has 0 radical (unpaired) electrons. The number of carboxylic acids is 1. The summed E-state index contributed by atoms with van der Waals surface area (Å²) in [5.41, 5.74) is 1.74. The first-order valence-electron chi connectivity index (χ1n) is 9.59. The lowest BCUT2D eigenvalue weighted by Gasteiger charge is -2.27. The molecule has 3 aromatic rings. The van der Waals surface area contributed by atoms with Gasteiger partial charge < -0.3 is 10.0 Å². The summed E-state index contributed by atoms with van der Waals surface area (Å²) in [6.07, 6.45) is 3.63. The first kappa shape index (κ1) is 18.8. The number of piperidine rings is 1. The lowest BCUT2D eigenvalue weighted by atomic mass is 10.1. The number of carboxylic acid groups (broad SMARTS) is 1. The van der Waals surface area contributed by atoms with E-state index >= 15 is 0 Å². The Kier molecular flexibility index (Phi) is 5.28. The van der Waals surface area contributed by atoms with Crippen molar-refractivity contribution in [2.75, 3.05) is 19.6 Å². The van der Waals surface area contributed by atoms with Crippen LogP contribution in [0.2, 0.25) is 0 Å². The highest BCUT2D eigenvalue weighted by Crippen LogP contribution is 2.26. The molecule has 1 fully saturated rings. The molecule has 1 N–H and O–H groups in total. The molecule has 1 saturated heterocycles. The van der Waals surface area contributed by atoms with Crippen LogP contribution < -0.4 is 5.56 Å². The van der Waals surface area contributed by atoms with Crippen molar-refractivity contribution in [1.82, 2.24) is 14.5 Å². The van der Waals surface area contributed by atoms with Crippen LogP contribution in [0.25, 0.3) is 21.6 Å². The van der Waals surface area contributed by atoms with Gasteiger partial charge in [-0.2, -0.15) is 0 Å². The molecule has 0 bridgehead atoms. The highest BCUT2D eigenvalue weighted by atomic mass is 32.1. The van der Waals surface area contributed by atoms with Gasteiger partial charge >= 0.3 is 5.97 Å². The van der Waals surface area contributed by atoms with Crippen LogP contribution in [-0.4, -0.2) is 45.2 Å². The van der Waals surface area contributed by atoms with Gasteiger partial charge in [0.25, 0.3) is 5.56 Å². The van der Waals surface area contributed by atoms with Crippen LogP contribution in [0.1, 0.15) is 35.2 Å². The van der Waals surface area contributed by atoms with Crippen LogP contribution in [0.3, 0.4) is 0 Å². The summed E-state index contributed by atoms with van der Waals surface area (Å²) in [5.74, 6) is -0.479. The topological polar surface area (TPSA) is 75.4 Å². The third-order valence-corrected chi connectivity index (χ3v) is 6.16. The van der Waals surface area contributed by atoms with Gasteiger partial charge in [-0.25, -0.2) is 9.78 Å². The maximum absolute atomic E-state index is 13.3. The molecule has 1 aliphatic heterocycles. The van der Waals surface area contributed by atoms with E-state index in [1.807, 2.05) is 31.2 Å². The fourth-order valence-corrected chi connectivity index (χ4v) is 4.72. The zero-order valence-corrected chi connectivity index (χ0v) is 16.7. The summed E-state index contributed by atoms with van der Waals surface area (Å²) in [7, 11) is 0. The predicted octanol–water partition coefficient (Wildman–Crippen LogP) is 3.62. The molecular weight excluding hydrogens is 374 g/mol. The summed E-state index contributed by atoms with van der Waals surface area (Å²) < 4.78 is 1.66. The Bertz CT molecular complexity index is 1080. The van der Waals surface area contributed by atoms with E-state index in [9.17, 15) is 14.7 Å². The number of aryl methyl sites for hydroxylation is 1. The molecule has 6 nitrogen and oxygen atoms in total. The molecule has 1 aromatic carbocycles. The lowest BCUT2D eigenvalue weighted by Crippen LogP contribution is -2.35. The maximum atomic E-state index is 13.3. The van der Waals surface area contributed by atoms with E-state index in [1.165, 1.54) is 36.0 Å². The first-order valence-corrected chi connectivity index (χ1v) is 10.5. The predicted molar refractivity (Wildman–Crippen MR) is 111 cm³/mol. The molecule has 4 rings (SSSR count). The Morgan fingerprint density at radius 3 is 2.71 bits per heavy atom. The number of aromatic nitrogens is 2. The van der Waals surface area contributed by atoms with Gasteiger partial charge in [0.05, 0.1) is 10.9 Å². The zero-order valence-electron chi connectivity index (χ0n) is 15.9. The Morgan fingerprint density at radius 2 is 2.00 bits per heavy atom. The second-order valence-electron chi connectivity index (χ2n) is 7.30. The van der Waals surface area contributed by atoms with Crippen LogP contribution in [0.5, 0.6) is 0 Å². The Labute approximate surface area is 167 Å². The van der Waals surface area contributed by atoms with E-state index in [0.717, 1.165) is 30.8 Å². The first-order chi connectivity index (χ1) is 13.5. The monoisotopic (exact) mass is 397 g/mol. The van der Waals surface area contributed by atoms with Crippen molar-refractivity contribution < 1.29 is 9.90 Å². The second kappa shape index (κ2) is 7.85. The van der Waals surface area contributed by atoms with Crippen molar-refractivity contribution in [2.45, 2.75) is 32.7 Å². The third kappa shape index (κ3) is 3.59. The number of hydrogen-bond acceptors (Lipinski definition) is 5. The number of aromatic carboxylic acids is 1. The van der Waals surface area contributed by atoms with Crippen LogP contribution in [-0.2, 0) is 6.54 Å². The average molecular weight is 398 g/mol. The molecule has 7 heteroatoms. The summed E-state index contributed by atoms with van der Waals surface area (Å²) in [6, 6.07) is 7.92. The van der Waals surface area contributed by atoms with E-state index in [4.69, 9.17) is 4.98 Å². The minimum Gasteiger partial charge on any atom is -0.478 e. The van der Waals surface area contributed by atoms with Crippen LogP contribution in [0.4, 0.5) is 0 Å². The third-order valence-electron chi connectivity index (χ3n) is 5.29. The molecule has 0 unspecified atom stereocenters. The zero-order chi connectivity index (χ0) is 19.7. The van der Waals surface area contributed by atoms with Crippen molar-refractivity contribution in [3.8, 4) is 11.4 Å². The largest absolute Gasteiger partial charge is 0.478 e. The fraction of sp³-hybridized carbons (Fsp3) is 0.381. The van der Waals surface area contributed by atoms with Crippen LogP contribution >= 0.6 is 11.3 Å². The highest BCUT2D eigenvalue weighted by Gasteiger charge is 2.21. The number of carbonyl (C=O) groups is 1. The summed E-state index contributed by atoms with van der Waals surface area (Å²) in [6.45, 7) is 5.36. The van der Waals surface area contributed by atoms with Gasteiger partial charge in [-0.3, -0.25) is 9.36 Å². The number of benzene rings is 1. The summed E-state index contributed by atoms with van der Waals surface area (Å²) >= 11 is 1.21. The van der Waals surface area contributed by atoms with Gasteiger partial charge in [-0.1, -0.05) is 30.2 Å². The van der Waals surface area contributed by atoms with Gasteiger partial charge in [-0.05, 0) is 38.9 Å². The number of hydrogen-bond donors (Lipinski definition) is 1. The Morgan fingerprint density at radius 1 is 1.21 bits per heavy atom. The smallest absolute Gasteiger partial charge is 0.337 e. The molecule has 0 amide bonds. The van der Waals surface area contributed by atoms with Crippen LogP contribution in [0, 0.1) is 6.92 Å². The van der Waals surface area contributed by atoms with Crippen molar-refractivity contribution in [3.63, 3.8) is 0 Å². The minimum absolute atomic E-state index is 0.0417. The van der Waals surface area contributed by atoms with Crippen LogP contribution in [0.15, 0.2) is 34.4 Å². The van der Waals surface area contributed by atoms with E-state index in [-0.39, 0.29) is 16.5 Å². The normalized spacial score (nSPS) is 15.2. The van der Waals surface area contributed by atoms with E-state index in [2.05, 4.69) is 4.90 Å². The highest BCUT2D eigenvalue weighted by molar-refractivity contribution is 7.17. The molecule has 0 spiro atoms. The van der Waals surface area contributed by atoms with Gasteiger partial charge in [0.15, 0.2) is 0 Å². The summed E-state index contributed by atoms with van der Waals surface area (Å²) in [4.78, 5) is 32.4. The number of fused-ring (bicyclic) bond motifs is 1. The molecule has 146 valence electrons. The SMILES string of the molecule is Cc1cccc(-c2nc3scc(C(=O)O)c3c(=O)n2CCN2CCCCC2)c1. The second-order valence-corrected chi connectivity index (χ2v) is 8.16. The number of thiophene rings is 1.